The molecule has 3 rings (SSSR count). The van der Waals surface area contributed by atoms with Crippen molar-refractivity contribution in [2.75, 3.05) is 10.5 Å². The molecule has 0 spiro atoms. The van der Waals surface area contributed by atoms with Crippen LogP contribution >= 0.6 is 0 Å². The van der Waals surface area contributed by atoms with Crippen LogP contribution in [0.1, 0.15) is 13.8 Å². The van der Waals surface area contributed by atoms with Crippen molar-refractivity contribution >= 4 is 26.6 Å². The van der Waals surface area contributed by atoms with Crippen LogP contribution in [-0.2, 0) is 20.9 Å². The fourth-order valence-electron chi connectivity index (χ4n) is 2.88. The van der Waals surface area contributed by atoms with Crippen molar-refractivity contribution < 1.29 is 8.42 Å². The van der Waals surface area contributed by atoms with E-state index in [1.54, 1.807) is 0 Å². The van der Waals surface area contributed by atoms with Crippen molar-refractivity contribution in [2.45, 2.75) is 28.5 Å². The van der Waals surface area contributed by atoms with E-state index in [1.165, 1.54) is 0 Å². The number of hydrogen-bond acceptors (Lipinski definition) is 2. The highest BCUT2D eigenvalue weighted by molar-refractivity contribution is 7.97. The Hall–Kier alpha value is -2.24. The molecule has 0 bridgehead atoms. The van der Waals surface area contributed by atoms with E-state index in [1.807, 2.05) is 74.5 Å². The summed E-state index contributed by atoms with van der Waals surface area (Å²) in [5, 5.41) is 0. The molecule has 3 aromatic rings. The van der Waals surface area contributed by atoms with Crippen molar-refractivity contribution in [1.82, 2.24) is 0 Å². The van der Waals surface area contributed by atoms with Crippen molar-refractivity contribution in [3.05, 3.63) is 84.9 Å². The van der Waals surface area contributed by atoms with Gasteiger partial charge in [0.15, 0.2) is 14.7 Å². The van der Waals surface area contributed by atoms with Crippen molar-refractivity contribution in [1.29, 1.82) is 0 Å². The van der Waals surface area contributed by atoms with Gasteiger partial charge in [0.05, 0.1) is 5.75 Å². The molecule has 0 amide bonds. The Balaban J connectivity index is 2.09. The molecule has 0 saturated carbocycles. The van der Waals surface area contributed by atoms with E-state index < -0.39 is 20.9 Å². The monoisotopic (exact) mass is 398 g/mol. The maximum atomic E-state index is 12.6. The molecular formula is C22H24NO2S2+. The third-order valence-electron chi connectivity index (χ3n) is 3.88. The summed E-state index contributed by atoms with van der Waals surface area (Å²) >= 11 is 0. The van der Waals surface area contributed by atoms with Crippen LogP contribution in [0.4, 0.5) is 5.69 Å². The van der Waals surface area contributed by atoms with E-state index in [-0.39, 0.29) is 11.7 Å². The second-order valence-electron chi connectivity index (χ2n) is 6.71. The van der Waals surface area contributed by atoms with Crippen molar-refractivity contribution in [2.24, 2.45) is 5.92 Å². The first-order chi connectivity index (χ1) is 13.0. The normalized spacial score (nSPS) is 11.7. The summed E-state index contributed by atoms with van der Waals surface area (Å²) in [4.78, 5) is 3.28. The van der Waals surface area contributed by atoms with E-state index in [0.717, 1.165) is 14.7 Å². The minimum atomic E-state index is -3.40. The minimum absolute atomic E-state index is 0.0659. The molecule has 1 N–H and O–H groups in total. The zero-order chi connectivity index (χ0) is 19.3. The average molecular weight is 399 g/mol. The van der Waals surface area contributed by atoms with Crippen molar-refractivity contribution in [3.63, 3.8) is 0 Å². The van der Waals surface area contributed by atoms with Gasteiger partial charge in [-0.3, -0.25) is 4.72 Å². The Morgan fingerprint density at radius 1 is 0.778 bits per heavy atom. The second kappa shape index (κ2) is 8.63. The Morgan fingerprint density at radius 2 is 1.26 bits per heavy atom. The third kappa shape index (κ3) is 5.15. The molecule has 0 saturated heterocycles. The summed E-state index contributed by atoms with van der Waals surface area (Å²) in [5.41, 5.74) is 0.647. The van der Waals surface area contributed by atoms with Crippen LogP contribution in [0.2, 0.25) is 0 Å². The summed E-state index contributed by atoms with van der Waals surface area (Å²) in [7, 11) is -3.80. The van der Waals surface area contributed by atoms with Crippen LogP contribution in [0.15, 0.2) is 99.6 Å². The van der Waals surface area contributed by atoms with Gasteiger partial charge in [-0.2, -0.15) is 0 Å². The minimum Gasteiger partial charge on any atom is -0.278 e. The highest BCUT2D eigenvalue weighted by Gasteiger charge is 2.32. The van der Waals surface area contributed by atoms with E-state index in [4.69, 9.17) is 0 Å². The Labute approximate surface area is 164 Å². The molecule has 140 valence electrons. The maximum absolute atomic E-state index is 12.6. The van der Waals surface area contributed by atoms with E-state index in [9.17, 15) is 8.42 Å². The number of rotatable bonds is 7. The second-order valence-corrected chi connectivity index (χ2v) is 10.5. The number of sulfonamides is 1. The van der Waals surface area contributed by atoms with Crippen LogP contribution in [-0.4, -0.2) is 14.2 Å². The molecule has 0 aliphatic rings. The zero-order valence-corrected chi connectivity index (χ0v) is 17.1. The lowest BCUT2D eigenvalue weighted by molar-refractivity contribution is 0.587. The number of benzene rings is 3. The van der Waals surface area contributed by atoms with Gasteiger partial charge >= 0.3 is 0 Å². The van der Waals surface area contributed by atoms with Gasteiger partial charge in [-0.1, -0.05) is 62.4 Å². The van der Waals surface area contributed by atoms with Crippen LogP contribution < -0.4 is 4.72 Å². The largest absolute Gasteiger partial charge is 0.278 e. The number of para-hydroxylation sites is 1. The van der Waals surface area contributed by atoms with Crippen LogP contribution in [0.5, 0.6) is 0 Å². The summed E-state index contributed by atoms with van der Waals surface area (Å²) < 4.78 is 27.9. The van der Waals surface area contributed by atoms with Gasteiger partial charge < -0.3 is 0 Å². The lowest BCUT2D eigenvalue weighted by Crippen LogP contribution is -2.21. The van der Waals surface area contributed by atoms with Crippen LogP contribution in [0, 0.1) is 5.92 Å². The Morgan fingerprint density at radius 3 is 1.78 bits per heavy atom. The fraction of sp³-hybridized carbons (Fsp3) is 0.182. The van der Waals surface area contributed by atoms with Crippen LogP contribution in [0.25, 0.3) is 0 Å². The molecule has 0 aromatic heterocycles. The number of nitrogens with one attached hydrogen (secondary N) is 1. The summed E-state index contributed by atoms with van der Waals surface area (Å²) in [6.45, 7) is 3.81. The van der Waals surface area contributed by atoms with Crippen LogP contribution in [0.3, 0.4) is 0 Å². The van der Waals surface area contributed by atoms with Gasteiger partial charge in [0, 0.05) is 0 Å². The summed E-state index contributed by atoms with van der Waals surface area (Å²) in [6.07, 6.45) is 0. The molecule has 0 radical (unpaired) electrons. The summed E-state index contributed by atoms with van der Waals surface area (Å²) in [6, 6.07) is 28.1. The number of hydrogen-bond donors (Lipinski definition) is 1. The van der Waals surface area contributed by atoms with Gasteiger partial charge in [-0.05, 0) is 42.3 Å². The highest BCUT2D eigenvalue weighted by atomic mass is 32.2. The quantitative estimate of drug-likeness (QED) is 0.558. The smallest absolute Gasteiger partial charge is 0.233 e. The van der Waals surface area contributed by atoms with Crippen molar-refractivity contribution in [3.8, 4) is 0 Å². The molecule has 0 heterocycles. The lowest BCUT2D eigenvalue weighted by Gasteiger charge is -2.14. The molecule has 3 aromatic carbocycles. The first kappa shape index (κ1) is 19.5. The van der Waals surface area contributed by atoms with E-state index >= 15 is 0 Å². The molecule has 0 aliphatic heterocycles. The molecule has 27 heavy (non-hydrogen) atoms. The molecule has 0 atom stereocenters. The lowest BCUT2D eigenvalue weighted by atomic mass is 10.3. The molecule has 0 aliphatic carbocycles. The predicted molar refractivity (Wildman–Crippen MR) is 114 cm³/mol. The number of anilines is 1. The molecular weight excluding hydrogens is 374 g/mol. The van der Waals surface area contributed by atoms with E-state index in [0.29, 0.717) is 5.69 Å². The maximum Gasteiger partial charge on any atom is 0.233 e. The Kier molecular flexibility index (Phi) is 6.24. The first-order valence-corrected chi connectivity index (χ1v) is 11.8. The SMILES string of the molecule is CC(C)CS(=O)(=O)Nc1ccccc1[S+](c1ccccc1)c1ccccc1. The molecule has 5 heteroatoms. The fourth-order valence-corrected chi connectivity index (χ4v) is 6.61. The van der Waals surface area contributed by atoms with Gasteiger partial charge in [0.25, 0.3) is 0 Å². The third-order valence-corrected chi connectivity index (χ3v) is 7.80. The van der Waals surface area contributed by atoms with Gasteiger partial charge in [-0.15, -0.1) is 0 Å². The first-order valence-electron chi connectivity index (χ1n) is 8.90. The molecule has 0 unspecified atom stereocenters. The van der Waals surface area contributed by atoms with Gasteiger partial charge in [0.1, 0.15) is 16.6 Å². The van der Waals surface area contributed by atoms with Gasteiger partial charge in [-0.25, -0.2) is 8.42 Å². The topological polar surface area (TPSA) is 46.2 Å². The zero-order valence-electron chi connectivity index (χ0n) is 15.5. The predicted octanol–water partition coefficient (Wildman–Crippen LogP) is 5.18. The van der Waals surface area contributed by atoms with Gasteiger partial charge in [0.2, 0.25) is 10.0 Å². The highest BCUT2D eigenvalue weighted by Crippen LogP contribution is 2.35. The molecule has 3 nitrogen and oxygen atoms in total. The molecule has 0 fully saturated rings. The average Bonchev–Trinajstić information content (AvgIpc) is 2.64. The summed E-state index contributed by atoms with van der Waals surface area (Å²) in [5.74, 6) is 0.169. The van der Waals surface area contributed by atoms with E-state index in [2.05, 4.69) is 29.0 Å². The Bertz CT molecular complexity index is 932. The standard InChI is InChI=1S/C22H24NO2S2/c1-18(2)17-27(24,25)23-21-15-9-10-16-22(21)26(19-11-5-3-6-12-19)20-13-7-4-8-14-20/h3-16,18,23H,17H2,1-2H3/q+1.